The number of carbonyl (C=O) groups is 1. The second-order valence-electron chi connectivity index (χ2n) is 7.49. The summed E-state index contributed by atoms with van der Waals surface area (Å²) in [5, 5.41) is 14.2. The third-order valence-electron chi connectivity index (χ3n) is 4.89. The Morgan fingerprint density at radius 3 is 2.48 bits per heavy atom. The molecule has 0 unspecified atom stereocenters. The van der Waals surface area contributed by atoms with E-state index in [1.807, 2.05) is 74.0 Å². The number of aryl methyl sites for hydroxylation is 2. The molecular weight excluding hydrogens is 424 g/mol. The molecule has 158 valence electrons. The molecule has 4 rings (SSSR count). The van der Waals surface area contributed by atoms with E-state index in [1.165, 1.54) is 16.6 Å². The third kappa shape index (κ3) is 5.24. The maximum absolute atomic E-state index is 13.3. The van der Waals surface area contributed by atoms with Crippen LogP contribution in [-0.4, -0.2) is 20.7 Å². The Labute approximate surface area is 190 Å². The zero-order valence-electron chi connectivity index (χ0n) is 17.7. The van der Waals surface area contributed by atoms with Gasteiger partial charge in [0, 0.05) is 24.0 Å². The number of thioether (sulfide) groups is 1. The second-order valence-corrected chi connectivity index (χ2v) is 9.59. The standard InChI is InChI=1S/C24H24N4OS2/c1-16-12-17(2)14-19(13-16)25-23(29)22(18-8-5-4-6-9-18)31-24-27-26-21(28(24)3)15-20-10-7-11-30-20/h4-14,22H,15H2,1-3H3,(H,25,29)/t22-/m1/s1. The van der Waals surface area contributed by atoms with E-state index in [0.29, 0.717) is 0 Å². The molecule has 0 saturated heterocycles. The molecule has 7 heteroatoms. The first-order valence-electron chi connectivity index (χ1n) is 10.0. The number of hydrogen-bond acceptors (Lipinski definition) is 5. The van der Waals surface area contributed by atoms with Crippen molar-refractivity contribution in [3.05, 3.63) is 93.4 Å². The van der Waals surface area contributed by atoms with Gasteiger partial charge in [-0.05, 0) is 54.1 Å². The molecule has 0 bridgehead atoms. The Bertz CT molecular complexity index is 1150. The van der Waals surface area contributed by atoms with Gasteiger partial charge in [-0.25, -0.2) is 0 Å². The lowest BCUT2D eigenvalue weighted by molar-refractivity contribution is -0.115. The van der Waals surface area contributed by atoms with Gasteiger partial charge in [-0.15, -0.1) is 21.5 Å². The number of thiophene rings is 1. The van der Waals surface area contributed by atoms with Gasteiger partial charge in [-0.1, -0.05) is 54.2 Å². The first-order chi connectivity index (χ1) is 15.0. The fourth-order valence-electron chi connectivity index (χ4n) is 3.43. The SMILES string of the molecule is Cc1cc(C)cc(NC(=O)[C@H](Sc2nnc(Cc3cccs3)n2C)c2ccccc2)c1. The van der Waals surface area contributed by atoms with Crippen molar-refractivity contribution < 1.29 is 4.79 Å². The fraction of sp³-hybridized carbons (Fsp3) is 0.208. The van der Waals surface area contributed by atoms with Crippen LogP contribution in [0.25, 0.3) is 0 Å². The number of anilines is 1. The molecule has 4 aromatic rings. The van der Waals surface area contributed by atoms with E-state index in [1.54, 1.807) is 11.3 Å². The number of hydrogen-bond donors (Lipinski definition) is 1. The number of nitrogens with one attached hydrogen (secondary N) is 1. The smallest absolute Gasteiger partial charge is 0.242 e. The molecule has 0 radical (unpaired) electrons. The third-order valence-corrected chi connectivity index (χ3v) is 7.06. The zero-order chi connectivity index (χ0) is 21.8. The van der Waals surface area contributed by atoms with E-state index in [2.05, 4.69) is 33.0 Å². The molecule has 1 N–H and O–H groups in total. The summed E-state index contributed by atoms with van der Waals surface area (Å²) in [7, 11) is 1.95. The van der Waals surface area contributed by atoms with Crippen LogP contribution >= 0.6 is 23.1 Å². The van der Waals surface area contributed by atoms with Gasteiger partial charge >= 0.3 is 0 Å². The van der Waals surface area contributed by atoms with E-state index in [0.717, 1.165) is 39.8 Å². The van der Waals surface area contributed by atoms with Crippen molar-refractivity contribution in [2.24, 2.45) is 7.05 Å². The van der Waals surface area contributed by atoms with Crippen molar-refractivity contribution in [2.75, 3.05) is 5.32 Å². The van der Waals surface area contributed by atoms with Crippen molar-refractivity contribution in [3.8, 4) is 0 Å². The van der Waals surface area contributed by atoms with Gasteiger partial charge in [0.2, 0.25) is 5.91 Å². The lowest BCUT2D eigenvalue weighted by atomic mass is 10.1. The average molecular weight is 449 g/mol. The molecule has 1 atom stereocenters. The van der Waals surface area contributed by atoms with Crippen molar-refractivity contribution in [3.63, 3.8) is 0 Å². The average Bonchev–Trinajstić information content (AvgIpc) is 3.37. The lowest BCUT2D eigenvalue weighted by Gasteiger charge is -2.17. The number of benzene rings is 2. The fourth-order valence-corrected chi connectivity index (χ4v) is 5.15. The van der Waals surface area contributed by atoms with E-state index in [4.69, 9.17) is 0 Å². The van der Waals surface area contributed by atoms with E-state index in [9.17, 15) is 4.79 Å². The molecule has 31 heavy (non-hydrogen) atoms. The monoisotopic (exact) mass is 448 g/mol. The highest BCUT2D eigenvalue weighted by Gasteiger charge is 2.25. The van der Waals surface area contributed by atoms with Crippen LogP contribution in [0.5, 0.6) is 0 Å². The summed E-state index contributed by atoms with van der Waals surface area (Å²) < 4.78 is 1.98. The summed E-state index contributed by atoms with van der Waals surface area (Å²) in [5.74, 6) is 0.801. The first-order valence-corrected chi connectivity index (χ1v) is 11.8. The summed E-state index contributed by atoms with van der Waals surface area (Å²) in [6.07, 6.45) is 0.729. The van der Waals surface area contributed by atoms with Crippen LogP contribution in [0.15, 0.2) is 71.2 Å². The van der Waals surface area contributed by atoms with Crippen LogP contribution in [0.3, 0.4) is 0 Å². The summed E-state index contributed by atoms with van der Waals surface area (Å²) in [6.45, 7) is 4.06. The quantitative estimate of drug-likeness (QED) is 0.376. The maximum Gasteiger partial charge on any atom is 0.242 e. The van der Waals surface area contributed by atoms with E-state index >= 15 is 0 Å². The largest absolute Gasteiger partial charge is 0.325 e. The van der Waals surface area contributed by atoms with Crippen LogP contribution in [0.1, 0.15) is 32.6 Å². The minimum Gasteiger partial charge on any atom is -0.325 e. The van der Waals surface area contributed by atoms with Crippen LogP contribution in [-0.2, 0) is 18.3 Å². The highest BCUT2D eigenvalue weighted by Crippen LogP contribution is 2.35. The molecule has 0 saturated carbocycles. The van der Waals surface area contributed by atoms with Gasteiger partial charge < -0.3 is 9.88 Å². The van der Waals surface area contributed by atoms with Crippen molar-refractivity contribution in [1.82, 2.24) is 14.8 Å². The molecule has 0 aliphatic carbocycles. The van der Waals surface area contributed by atoms with Gasteiger partial charge in [-0.3, -0.25) is 4.79 Å². The number of rotatable bonds is 7. The lowest BCUT2D eigenvalue weighted by Crippen LogP contribution is -2.19. The molecule has 1 amide bonds. The predicted molar refractivity (Wildman–Crippen MR) is 128 cm³/mol. The number of aromatic nitrogens is 3. The number of carbonyl (C=O) groups excluding carboxylic acids is 1. The maximum atomic E-state index is 13.3. The van der Waals surface area contributed by atoms with Crippen LogP contribution in [0, 0.1) is 13.8 Å². The van der Waals surface area contributed by atoms with Crippen molar-refractivity contribution >= 4 is 34.7 Å². The highest BCUT2D eigenvalue weighted by molar-refractivity contribution is 8.00. The Hall–Kier alpha value is -2.90. The number of nitrogens with zero attached hydrogens (tertiary/aromatic N) is 3. The van der Waals surface area contributed by atoms with E-state index in [-0.39, 0.29) is 5.91 Å². The zero-order valence-corrected chi connectivity index (χ0v) is 19.3. The van der Waals surface area contributed by atoms with Gasteiger partial charge in [0.1, 0.15) is 11.1 Å². The Balaban J connectivity index is 1.59. The van der Waals surface area contributed by atoms with Crippen molar-refractivity contribution in [2.45, 2.75) is 30.7 Å². The van der Waals surface area contributed by atoms with Crippen LogP contribution < -0.4 is 5.32 Å². The molecular formula is C24H24N4OS2. The molecule has 0 fully saturated rings. The molecule has 2 aromatic heterocycles. The highest BCUT2D eigenvalue weighted by atomic mass is 32.2. The predicted octanol–water partition coefficient (Wildman–Crippen LogP) is 5.56. The summed E-state index contributed by atoms with van der Waals surface area (Å²) in [4.78, 5) is 14.6. The minimum absolute atomic E-state index is 0.0796. The van der Waals surface area contributed by atoms with Crippen LogP contribution in [0.2, 0.25) is 0 Å². The van der Waals surface area contributed by atoms with E-state index < -0.39 is 5.25 Å². The molecule has 2 heterocycles. The van der Waals surface area contributed by atoms with Crippen molar-refractivity contribution in [1.29, 1.82) is 0 Å². The first kappa shape index (κ1) is 21.3. The van der Waals surface area contributed by atoms with Crippen LogP contribution in [0.4, 0.5) is 5.69 Å². The minimum atomic E-state index is -0.445. The number of amides is 1. The van der Waals surface area contributed by atoms with Gasteiger partial charge in [-0.2, -0.15) is 0 Å². The summed E-state index contributed by atoms with van der Waals surface area (Å²) in [5.41, 5.74) is 3.97. The normalized spacial score (nSPS) is 12.0. The molecule has 0 aliphatic rings. The van der Waals surface area contributed by atoms with Gasteiger partial charge in [0.25, 0.3) is 0 Å². The Kier molecular flexibility index (Phi) is 6.53. The Morgan fingerprint density at radius 2 is 1.81 bits per heavy atom. The second kappa shape index (κ2) is 9.49. The van der Waals surface area contributed by atoms with Gasteiger partial charge in [0.05, 0.1) is 0 Å². The van der Waals surface area contributed by atoms with Gasteiger partial charge in [0.15, 0.2) is 5.16 Å². The Morgan fingerprint density at radius 1 is 1.06 bits per heavy atom. The molecule has 0 aliphatic heterocycles. The topological polar surface area (TPSA) is 59.8 Å². The molecule has 5 nitrogen and oxygen atoms in total. The summed E-state index contributed by atoms with van der Waals surface area (Å²) >= 11 is 3.12. The summed E-state index contributed by atoms with van der Waals surface area (Å²) in [6, 6.07) is 20.0. The molecule has 0 spiro atoms. The molecule has 2 aromatic carbocycles.